The molecule has 1 N–H and O–H groups in total. The number of halogens is 1. The highest BCUT2D eigenvalue weighted by molar-refractivity contribution is 6.30. The standard InChI is InChI=1S/C28H21ClN2O4/c29-23-16-14-21(15-17-23)28(33)35-25-12-6-4-10-22(25)18-30-31-27(32)24-11-5-7-13-26(24)34-19-20-8-2-1-3-9-20/h1-18H,19H2,(H,31,32). The number of hydrazone groups is 1. The maximum Gasteiger partial charge on any atom is 0.343 e. The lowest BCUT2D eigenvalue weighted by Crippen LogP contribution is -2.19. The molecular formula is C28H21ClN2O4. The van der Waals surface area contributed by atoms with Gasteiger partial charge in [0, 0.05) is 10.6 Å². The fourth-order valence-electron chi connectivity index (χ4n) is 3.16. The van der Waals surface area contributed by atoms with Gasteiger partial charge in [-0.3, -0.25) is 4.79 Å². The molecule has 0 saturated heterocycles. The van der Waals surface area contributed by atoms with Gasteiger partial charge in [-0.2, -0.15) is 5.10 Å². The van der Waals surface area contributed by atoms with Crippen LogP contribution in [-0.2, 0) is 6.61 Å². The molecule has 7 heteroatoms. The molecule has 0 radical (unpaired) electrons. The second-order valence-electron chi connectivity index (χ2n) is 7.40. The number of hydrogen-bond donors (Lipinski definition) is 1. The first-order valence-corrected chi connectivity index (χ1v) is 11.1. The average molecular weight is 485 g/mol. The highest BCUT2D eigenvalue weighted by Crippen LogP contribution is 2.20. The van der Waals surface area contributed by atoms with Gasteiger partial charge in [0.05, 0.1) is 17.3 Å². The van der Waals surface area contributed by atoms with Gasteiger partial charge < -0.3 is 9.47 Å². The first-order valence-electron chi connectivity index (χ1n) is 10.8. The zero-order chi connectivity index (χ0) is 24.5. The van der Waals surface area contributed by atoms with E-state index >= 15 is 0 Å². The molecule has 0 heterocycles. The van der Waals surface area contributed by atoms with Crippen LogP contribution in [0.15, 0.2) is 108 Å². The van der Waals surface area contributed by atoms with Gasteiger partial charge in [-0.25, -0.2) is 10.2 Å². The van der Waals surface area contributed by atoms with Gasteiger partial charge in [-0.15, -0.1) is 0 Å². The number of carbonyl (C=O) groups is 2. The second-order valence-corrected chi connectivity index (χ2v) is 7.84. The minimum absolute atomic E-state index is 0.303. The lowest BCUT2D eigenvalue weighted by molar-refractivity contribution is 0.0734. The molecule has 174 valence electrons. The lowest BCUT2D eigenvalue weighted by Gasteiger charge is -2.10. The Kier molecular flexibility index (Phi) is 7.88. The van der Waals surface area contributed by atoms with Crippen molar-refractivity contribution in [3.8, 4) is 11.5 Å². The number of amides is 1. The Labute approximate surface area is 207 Å². The summed E-state index contributed by atoms with van der Waals surface area (Å²) < 4.78 is 11.3. The van der Waals surface area contributed by atoms with Gasteiger partial charge in [0.25, 0.3) is 5.91 Å². The Bertz CT molecular complexity index is 1340. The molecule has 0 atom stereocenters. The highest BCUT2D eigenvalue weighted by atomic mass is 35.5. The van der Waals surface area contributed by atoms with E-state index in [0.717, 1.165) is 5.56 Å². The molecule has 35 heavy (non-hydrogen) atoms. The van der Waals surface area contributed by atoms with Gasteiger partial charge in [0.15, 0.2) is 0 Å². The summed E-state index contributed by atoms with van der Waals surface area (Å²) in [7, 11) is 0. The number of carbonyl (C=O) groups excluding carboxylic acids is 2. The van der Waals surface area contributed by atoms with Crippen LogP contribution in [0.4, 0.5) is 0 Å². The molecule has 0 aliphatic heterocycles. The molecule has 0 spiro atoms. The predicted octanol–water partition coefficient (Wildman–Crippen LogP) is 5.90. The van der Waals surface area contributed by atoms with E-state index in [4.69, 9.17) is 21.1 Å². The summed E-state index contributed by atoms with van der Waals surface area (Å²) in [6.45, 7) is 0.334. The number of esters is 1. The zero-order valence-electron chi connectivity index (χ0n) is 18.6. The second kappa shape index (κ2) is 11.6. The van der Waals surface area contributed by atoms with E-state index in [1.54, 1.807) is 72.8 Å². The number of benzene rings is 4. The summed E-state index contributed by atoms with van der Waals surface area (Å²) in [5.74, 6) is -0.213. The monoisotopic (exact) mass is 484 g/mol. The fraction of sp³-hybridized carbons (Fsp3) is 0.0357. The molecule has 0 aliphatic carbocycles. The summed E-state index contributed by atoms with van der Waals surface area (Å²) in [4.78, 5) is 25.2. The van der Waals surface area contributed by atoms with Crippen molar-refractivity contribution in [2.75, 3.05) is 0 Å². The van der Waals surface area contributed by atoms with E-state index < -0.39 is 11.9 Å². The van der Waals surface area contributed by atoms with Gasteiger partial charge in [0.1, 0.15) is 18.1 Å². The molecule has 0 aliphatic rings. The number of para-hydroxylation sites is 2. The number of hydrogen-bond acceptors (Lipinski definition) is 5. The van der Waals surface area contributed by atoms with Crippen LogP contribution in [0.1, 0.15) is 31.8 Å². The fourth-order valence-corrected chi connectivity index (χ4v) is 3.29. The van der Waals surface area contributed by atoms with Crippen molar-refractivity contribution in [1.82, 2.24) is 5.43 Å². The van der Waals surface area contributed by atoms with E-state index in [9.17, 15) is 9.59 Å². The molecule has 1 amide bonds. The highest BCUT2D eigenvalue weighted by Gasteiger charge is 2.13. The van der Waals surface area contributed by atoms with Crippen LogP contribution in [0.5, 0.6) is 11.5 Å². The molecule has 4 rings (SSSR count). The van der Waals surface area contributed by atoms with E-state index in [2.05, 4.69) is 10.5 Å². The van der Waals surface area contributed by atoms with Crippen molar-refractivity contribution in [2.45, 2.75) is 6.61 Å². The van der Waals surface area contributed by atoms with Crippen LogP contribution in [-0.4, -0.2) is 18.1 Å². The maximum atomic E-state index is 12.7. The smallest absolute Gasteiger partial charge is 0.343 e. The summed E-state index contributed by atoms with van der Waals surface area (Å²) in [5.41, 5.74) is 4.72. The SMILES string of the molecule is O=C(Oc1ccccc1C=NNC(=O)c1ccccc1OCc1ccccc1)c1ccc(Cl)cc1. The predicted molar refractivity (Wildman–Crippen MR) is 135 cm³/mol. The number of rotatable bonds is 8. The number of ether oxygens (including phenoxy) is 2. The third kappa shape index (κ3) is 6.56. The topological polar surface area (TPSA) is 77.0 Å². The number of nitrogens with one attached hydrogen (secondary N) is 1. The summed E-state index contributed by atoms with van der Waals surface area (Å²) in [5, 5.41) is 4.57. The van der Waals surface area contributed by atoms with Crippen molar-refractivity contribution in [3.63, 3.8) is 0 Å². The summed E-state index contributed by atoms with van der Waals surface area (Å²) in [6.07, 6.45) is 1.41. The van der Waals surface area contributed by atoms with E-state index in [-0.39, 0.29) is 0 Å². The van der Waals surface area contributed by atoms with Crippen molar-refractivity contribution in [3.05, 3.63) is 130 Å². The normalized spacial score (nSPS) is 10.7. The third-order valence-electron chi connectivity index (χ3n) is 4.94. The molecule has 0 aromatic heterocycles. The Balaban J connectivity index is 1.41. The summed E-state index contributed by atoms with van der Waals surface area (Å²) in [6, 6.07) is 29.9. The molecular weight excluding hydrogens is 464 g/mol. The van der Waals surface area contributed by atoms with Crippen LogP contribution < -0.4 is 14.9 Å². The van der Waals surface area contributed by atoms with E-state index in [1.807, 2.05) is 30.3 Å². The van der Waals surface area contributed by atoms with Crippen LogP contribution in [0, 0.1) is 0 Å². The minimum Gasteiger partial charge on any atom is -0.488 e. The van der Waals surface area contributed by atoms with Crippen molar-refractivity contribution < 1.29 is 19.1 Å². The minimum atomic E-state index is -0.531. The molecule has 0 fully saturated rings. The van der Waals surface area contributed by atoms with Crippen LogP contribution in [0.3, 0.4) is 0 Å². The third-order valence-corrected chi connectivity index (χ3v) is 5.19. The average Bonchev–Trinajstić information content (AvgIpc) is 2.89. The molecule has 4 aromatic rings. The lowest BCUT2D eigenvalue weighted by atomic mass is 10.2. The number of nitrogens with zero attached hydrogens (tertiary/aromatic N) is 1. The molecule has 0 saturated carbocycles. The van der Waals surface area contributed by atoms with Gasteiger partial charge in [-0.05, 0) is 54.1 Å². The van der Waals surface area contributed by atoms with Crippen molar-refractivity contribution in [1.29, 1.82) is 0 Å². The first kappa shape index (κ1) is 23.7. The Hall–Kier alpha value is -4.42. The molecule has 0 bridgehead atoms. The molecule has 6 nitrogen and oxygen atoms in total. The van der Waals surface area contributed by atoms with E-state index in [0.29, 0.717) is 39.8 Å². The molecule has 4 aromatic carbocycles. The van der Waals surface area contributed by atoms with E-state index in [1.165, 1.54) is 6.21 Å². The van der Waals surface area contributed by atoms with Crippen molar-refractivity contribution in [2.24, 2.45) is 5.10 Å². The largest absolute Gasteiger partial charge is 0.488 e. The van der Waals surface area contributed by atoms with Crippen LogP contribution in [0.25, 0.3) is 0 Å². The Morgan fingerprint density at radius 3 is 2.23 bits per heavy atom. The maximum absolute atomic E-state index is 12.7. The van der Waals surface area contributed by atoms with Crippen LogP contribution >= 0.6 is 11.6 Å². The van der Waals surface area contributed by atoms with Gasteiger partial charge in [0.2, 0.25) is 0 Å². The quantitative estimate of drug-likeness (QED) is 0.146. The zero-order valence-corrected chi connectivity index (χ0v) is 19.3. The summed E-state index contributed by atoms with van der Waals surface area (Å²) >= 11 is 5.87. The first-order chi connectivity index (χ1) is 17.1. The van der Waals surface area contributed by atoms with Gasteiger partial charge >= 0.3 is 5.97 Å². The molecule has 0 unspecified atom stereocenters. The van der Waals surface area contributed by atoms with Gasteiger partial charge in [-0.1, -0.05) is 66.2 Å². The van der Waals surface area contributed by atoms with Crippen molar-refractivity contribution >= 4 is 29.7 Å². The Morgan fingerprint density at radius 2 is 1.46 bits per heavy atom. The van der Waals surface area contributed by atoms with Crippen LogP contribution in [0.2, 0.25) is 5.02 Å². The Morgan fingerprint density at radius 1 is 0.800 bits per heavy atom.